The van der Waals surface area contributed by atoms with Gasteiger partial charge in [0, 0.05) is 37.2 Å². The summed E-state index contributed by atoms with van der Waals surface area (Å²) in [5.41, 5.74) is 4.55. The van der Waals surface area contributed by atoms with Gasteiger partial charge >= 0.3 is 18.0 Å². The molecule has 0 saturated carbocycles. The zero-order chi connectivity index (χ0) is 47.1. The molecular weight excluding hydrogens is 809 g/mol. The minimum absolute atomic E-state index is 0.00819. The van der Waals surface area contributed by atoms with Gasteiger partial charge in [-0.05, 0) is 126 Å². The van der Waals surface area contributed by atoms with Crippen LogP contribution >= 0.6 is 0 Å². The number of carbonyl (C=O) groups excluding carboxylic acids is 8. The lowest BCUT2D eigenvalue weighted by atomic mass is 10.1. The number of carbonyl (C=O) groups is 8. The van der Waals surface area contributed by atoms with Gasteiger partial charge in [0.2, 0.25) is 17.7 Å². The van der Waals surface area contributed by atoms with Crippen molar-refractivity contribution in [2.45, 2.75) is 149 Å². The van der Waals surface area contributed by atoms with Gasteiger partial charge in [-0.3, -0.25) is 34.1 Å². The van der Waals surface area contributed by atoms with Crippen molar-refractivity contribution in [1.82, 2.24) is 21.3 Å². The topological polar surface area (TPSA) is 269 Å². The van der Waals surface area contributed by atoms with Gasteiger partial charge in [-0.25, -0.2) is 9.59 Å². The molecule has 0 radical (unpaired) electrons. The number of esters is 2. The van der Waals surface area contributed by atoms with Crippen LogP contribution < -0.4 is 32.3 Å². The van der Waals surface area contributed by atoms with Crippen LogP contribution in [0.1, 0.15) is 125 Å². The molecule has 0 spiro atoms. The zero-order valence-corrected chi connectivity index (χ0v) is 38.1. The smallest absolute Gasteiger partial charge is 0.412 e. The van der Waals surface area contributed by atoms with Gasteiger partial charge < -0.3 is 50.7 Å². The number of anilines is 1. The monoisotopic (exact) mass is 879 g/mol. The maximum atomic E-state index is 12.8. The third-order valence-electron chi connectivity index (χ3n) is 8.08. The molecule has 0 aromatic heterocycles. The fourth-order valence-electron chi connectivity index (χ4n) is 5.20. The summed E-state index contributed by atoms with van der Waals surface area (Å²) in [6.45, 7) is 17.3. The number of amides is 5. The lowest BCUT2D eigenvalue weighted by molar-refractivity contribution is -0.159. The lowest BCUT2D eigenvalue weighted by Gasteiger charge is -2.25. The van der Waals surface area contributed by atoms with Crippen molar-refractivity contribution in [2.24, 2.45) is 5.73 Å². The Kier molecular flexibility index (Phi) is 23.9. The Labute approximate surface area is 365 Å². The van der Waals surface area contributed by atoms with Crippen LogP contribution in [0, 0.1) is 0 Å². The summed E-state index contributed by atoms with van der Waals surface area (Å²) < 4.78 is 26.7. The molecule has 350 valence electrons. The number of ketones is 1. The molecule has 5 amide bonds. The molecule has 7 N–H and O–H groups in total. The van der Waals surface area contributed by atoms with E-state index in [9.17, 15) is 38.4 Å². The molecule has 0 aliphatic heterocycles. The molecule has 0 aliphatic carbocycles. The molecule has 1 rings (SSSR count). The lowest BCUT2D eigenvalue weighted by Crippen LogP contribution is -2.45. The van der Waals surface area contributed by atoms with Crippen LogP contribution in [0.2, 0.25) is 0 Å². The molecule has 0 fully saturated rings. The molecule has 3 atom stereocenters. The third kappa shape index (κ3) is 26.9. The predicted octanol–water partition coefficient (Wildman–Crippen LogP) is 3.21. The van der Waals surface area contributed by atoms with Gasteiger partial charge in [-0.15, -0.1) is 0 Å². The van der Waals surface area contributed by atoms with E-state index in [0.717, 1.165) is 0 Å². The van der Waals surface area contributed by atoms with E-state index in [0.29, 0.717) is 37.1 Å². The van der Waals surface area contributed by atoms with Crippen LogP contribution in [0.4, 0.5) is 10.5 Å². The molecule has 1 aromatic rings. The van der Waals surface area contributed by atoms with Gasteiger partial charge in [-0.2, -0.15) is 0 Å². The Bertz CT molecular complexity index is 1630. The fourth-order valence-corrected chi connectivity index (χ4v) is 5.20. The number of Topliss-reactive ketones (excluding diaryl/α,β-unsaturated/α-hetero) is 1. The maximum absolute atomic E-state index is 12.8. The van der Waals surface area contributed by atoms with Gasteiger partial charge in [-0.1, -0.05) is 0 Å². The second-order valence-corrected chi connectivity index (χ2v) is 17.6. The van der Waals surface area contributed by atoms with Crippen molar-refractivity contribution in [3.8, 4) is 0 Å². The van der Waals surface area contributed by atoms with Crippen molar-refractivity contribution in [1.29, 1.82) is 0 Å². The normalized spacial score (nSPS) is 13.1. The Morgan fingerprint density at radius 1 is 0.597 bits per heavy atom. The van der Waals surface area contributed by atoms with E-state index in [1.54, 1.807) is 86.6 Å². The summed E-state index contributed by atoms with van der Waals surface area (Å²) in [7, 11) is 0. The van der Waals surface area contributed by atoms with Crippen molar-refractivity contribution >= 4 is 53.1 Å². The summed E-state index contributed by atoms with van der Waals surface area (Å²) in [4.78, 5) is 99.2. The van der Waals surface area contributed by atoms with Gasteiger partial charge in [0.1, 0.15) is 35.5 Å². The molecule has 0 aliphatic rings. The second kappa shape index (κ2) is 27.0. The molecule has 0 heterocycles. The number of rotatable bonds is 26. The zero-order valence-electron chi connectivity index (χ0n) is 38.1. The van der Waals surface area contributed by atoms with Crippen molar-refractivity contribution in [2.75, 3.05) is 44.8 Å². The van der Waals surface area contributed by atoms with Gasteiger partial charge in [0.15, 0.2) is 5.78 Å². The predicted molar refractivity (Wildman–Crippen MR) is 230 cm³/mol. The van der Waals surface area contributed by atoms with Crippen LogP contribution in [-0.2, 0) is 52.5 Å². The standard InChI is InChI=1S/C43H70N6O13/c1-28(50)32(13-11-12-22-46-37(54)29-14-16-30(17-15-29)47-40(57)62-43(8,9)10)48-36(53)27-59-26-25-58-24-23-45-34(51)21-19-33(39(56)61-42(5,6)7)49-35(52)20-18-31(44)38(55)60-41(2,3)4/h14-17,31-33H,11-13,18-27,44H2,1-10H3,(H,45,51)(H,46,54)(H,47,57)(H,48,53)(H,49,52)/t31?,32-,33?/m0/s1. The van der Waals surface area contributed by atoms with E-state index in [4.69, 9.17) is 29.4 Å². The van der Waals surface area contributed by atoms with E-state index in [1.807, 2.05) is 0 Å². The molecule has 19 nitrogen and oxygen atoms in total. The number of unbranched alkanes of at least 4 members (excludes halogenated alkanes) is 1. The van der Waals surface area contributed by atoms with Crippen LogP contribution in [0.5, 0.6) is 0 Å². The van der Waals surface area contributed by atoms with Crippen LogP contribution in [0.3, 0.4) is 0 Å². The van der Waals surface area contributed by atoms with Crippen LogP contribution in [0.15, 0.2) is 24.3 Å². The minimum atomic E-state index is -1.11. The first-order valence-electron chi connectivity index (χ1n) is 20.9. The highest BCUT2D eigenvalue weighted by Crippen LogP contribution is 2.15. The molecular formula is C43H70N6O13. The molecule has 19 heteroatoms. The second-order valence-electron chi connectivity index (χ2n) is 17.6. The number of benzene rings is 1. The van der Waals surface area contributed by atoms with E-state index >= 15 is 0 Å². The third-order valence-corrected chi connectivity index (χ3v) is 8.08. The molecule has 2 unspecified atom stereocenters. The SMILES string of the molecule is CC(=O)[C@H](CCCCNC(=O)c1ccc(NC(=O)OC(C)(C)C)cc1)NC(=O)COCCOCCNC(=O)CCC(NC(=O)CCC(N)C(=O)OC(C)(C)C)C(=O)OC(C)(C)C. The molecule has 1 aromatic carbocycles. The average Bonchev–Trinajstić information content (AvgIpc) is 3.13. The number of nitrogens with two attached hydrogens (primary N) is 1. The van der Waals surface area contributed by atoms with Crippen LogP contribution in [-0.4, -0.2) is 122 Å². The summed E-state index contributed by atoms with van der Waals surface area (Å²) >= 11 is 0. The summed E-state index contributed by atoms with van der Waals surface area (Å²) in [5, 5.41) is 13.3. The van der Waals surface area contributed by atoms with Gasteiger partial charge in [0.25, 0.3) is 5.91 Å². The Balaban J connectivity index is 2.33. The van der Waals surface area contributed by atoms with E-state index in [1.165, 1.54) is 6.92 Å². The Morgan fingerprint density at radius 3 is 1.76 bits per heavy atom. The summed E-state index contributed by atoms with van der Waals surface area (Å²) in [5.74, 6) is -3.26. The van der Waals surface area contributed by atoms with E-state index in [-0.39, 0.29) is 76.3 Å². The van der Waals surface area contributed by atoms with Gasteiger partial charge in [0.05, 0.1) is 25.9 Å². The number of hydrogen-bond acceptors (Lipinski definition) is 14. The highest BCUT2D eigenvalue weighted by Gasteiger charge is 2.29. The minimum Gasteiger partial charge on any atom is -0.459 e. The first-order valence-corrected chi connectivity index (χ1v) is 20.9. The van der Waals surface area contributed by atoms with Crippen molar-refractivity contribution in [3.63, 3.8) is 0 Å². The first-order chi connectivity index (χ1) is 28.7. The largest absolute Gasteiger partial charge is 0.459 e. The average molecular weight is 879 g/mol. The Hall–Kier alpha value is -5.14. The highest BCUT2D eigenvalue weighted by atomic mass is 16.6. The molecule has 62 heavy (non-hydrogen) atoms. The summed E-state index contributed by atoms with van der Waals surface area (Å²) in [6.07, 6.45) is 0.596. The summed E-state index contributed by atoms with van der Waals surface area (Å²) in [6, 6.07) is 3.50. The van der Waals surface area contributed by atoms with Crippen LogP contribution in [0.25, 0.3) is 0 Å². The van der Waals surface area contributed by atoms with Crippen molar-refractivity contribution < 1.29 is 62.0 Å². The number of nitrogens with one attached hydrogen (secondary N) is 5. The molecule has 0 bridgehead atoms. The van der Waals surface area contributed by atoms with E-state index < -0.39 is 64.8 Å². The van der Waals surface area contributed by atoms with Crippen molar-refractivity contribution in [3.05, 3.63) is 29.8 Å². The number of ether oxygens (including phenoxy) is 5. The quantitative estimate of drug-likeness (QED) is 0.0444. The Morgan fingerprint density at radius 2 is 1.16 bits per heavy atom. The highest BCUT2D eigenvalue weighted by molar-refractivity contribution is 5.95. The maximum Gasteiger partial charge on any atom is 0.412 e. The molecule has 0 saturated heterocycles. The first kappa shape index (κ1) is 54.9. The number of hydrogen-bond donors (Lipinski definition) is 6. The fraction of sp³-hybridized carbons (Fsp3) is 0.674. The van der Waals surface area contributed by atoms with E-state index in [2.05, 4.69) is 26.6 Å².